The van der Waals surface area contributed by atoms with E-state index in [1.54, 1.807) is 32.0 Å². The number of pyridine rings is 1. The number of carbonyl (C=O) groups is 1. The van der Waals surface area contributed by atoms with Crippen LogP contribution in [0.1, 0.15) is 54.0 Å². The minimum atomic E-state index is -0.413. The molecule has 1 amide bonds. The average Bonchev–Trinajstić information content (AvgIpc) is 3.29. The van der Waals surface area contributed by atoms with Crippen molar-refractivity contribution < 1.29 is 4.79 Å². The van der Waals surface area contributed by atoms with Crippen molar-refractivity contribution in [2.45, 2.75) is 38.4 Å². The van der Waals surface area contributed by atoms with Crippen LogP contribution in [0.25, 0.3) is 49.8 Å². The lowest BCUT2D eigenvalue weighted by molar-refractivity contribution is 0.0958. The monoisotopic (exact) mass is 791 g/mol. The molecule has 0 saturated heterocycles. The van der Waals surface area contributed by atoms with E-state index in [0.717, 1.165) is 66.6 Å². The van der Waals surface area contributed by atoms with Crippen molar-refractivity contribution >= 4 is 44.9 Å². The lowest BCUT2D eigenvalue weighted by atomic mass is 9.74. The third kappa shape index (κ3) is 7.46. The molecule has 0 saturated carbocycles. The van der Waals surface area contributed by atoms with Crippen LogP contribution in [0.2, 0.25) is 0 Å². The van der Waals surface area contributed by atoms with E-state index in [9.17, 15) is 4.79 Å². The van der Waals surface area contributed by atoms with Gasteiger partial charge in [-0.3, -0.25) is 14.8 Å². The Morgan fingerprint density at radius 1 is 0.800 bits per heavy atom. The first kappa shape index (κ1) is 39.2. The summed E-state index contributed by atoms with van der Waals surface area (Å²) in [6, 6.07) is 22.8. The topological polar surface area (TPSA) is 147 Å². The highest BCUT2D eigenvalue weighted by Crippen LogP contribution is 2.49. The molecule has 0 aliphatic carbocycles. The highest BCUT2D eigenvalue weighted by molar-refractivity contribution is 5.95. The van der Waals surface area contributed by atoms with Crippen LogP contribution in [0.4, 0.5) is 11.6 Å². The molecule has 3 aromatic carbocycles. The number of hydrogen-bond donors (Lipinski definition) is 3. The Bertz CT molecular complexity index is 2870. The normalized spacial score (nSPS) is 15.9. The summed E-state index contributed by atoms with van der Waals surface area (Å²) in [6.07, 6.45) is 17.8. The number of allylic oxidation sites excluding steroid dienone is 2. The molecule has 12 heteroatoms. The molecule has 7 aromatic rings. The van der Waals surface area contributed by atoms with E-state index in [-0.39, 0.29) is 23.7 Å². The summed E-state index contributed by atoms with van der Waals surface area (Å²) in [5, 5.41) is 11.5. The summed E-state index contributed by atoms with van der Waals surface area (Å²) < 4.78 is 0. The van der Waals surface area contributed by atoms with Crippen molar-refractivity contribution in [2.75, 3.05) is 24.7 Å². The summed E-state index contributed by atoms with van der Waals surface area (Å²) in [5.74, 6) is 1.13. The maximum absolute atomic E-state index is 12.2. The van der Waals surface area contributed by atoms with Crippen molar-refractivity contribution in [1.82, 2.24) is 45.1 Å². The van der Waals surface area contributed by atoms with Gasteiger partial charge in [0.15, 0.2) is 0 Å². The lowest BCUT2D eigenvalue weighted by Crippen LogP contribution is -2.46. The van der Waals surface area contributed by atoms with Crippen LogP contribution in [0.5, 0.6) is 0 Å². The standard InChI is InChI=1S/C48H45N11O/c1-8-9-11-29(2)30(3)56-45-38-20-33(14-16-41(38)52-27-54-45)35-18-36(23-50-22-35)40-26-59(7)48(40,5)37-13-10-12-32(19-37)31(4)57-46-39-21-34(15-17-42(39)53-28-55-46)43-24-51-25-44(58-43)47(60)49-6/h8-28,30-31H,1-2H2,3-7H3,(H,49,60)(H,52,54,56)(H,53,55,57)/b11-9-. The number of nitrogens with one attached hydrogen (secondary N) is 3. The number of benzene rings is 3. The van der Waals surface area contributed by atoms with Crippen LogP contribution in [-0.2, 0) is 5.54 Å². The van der Waals surface area contributed by atoms with Crippen LogP contribution in [0.3, 0.4) is 0 Å². The Morgan fingerprint density at radius 2 is 1.48 bits per heavy atom. The predicted octanol–water partition coefficient (Wildman–Crippen LogP) is 8.93. The summed E-state index contributed by atoms with van der Waals surface area (Å²) in [5.41, 5.74) is 10.2. The maximum atomic E-state index is 12.2. The number of likely N-dealkylation sites (N-methyl/N-ethyl adjacent to an activating group) is 1. The molecule has 3 unspecified atom stereocenters. The van der Waals surface area contributed by atoms with Crippen LogP contribution in [0, 0.1) is 0 Å². The fourth-order valence-electron chi connectivity index (χ4n) is 7.49. The van der Waals surface area contributed by atoms with Gasteiger partial charge in [0.05, 0.1) is 34.7 Å². The van der Waals surface area contributed by atoms with Gasteiger partial charge in [0, 0.05) is 77.8 Å². The molecule has 5 heterocycles. The van der Waals surface area contributed by atoms with E-state index < -0.39 is 5.54 Å². The molecule has 0 bridgehead atoms. The Morgan fingerprint density at radius 3 is 2.20 bits per heavy atom. The molecule has 3 atom stereocenters. The quantitative estimate of drug-likeness (QED) is 0.0963. The van der Waals surface area contributed by atoms with Gasteiger partial charge in [-0.1, -0.05) is 67.8 Å². The Kier molecular flexibility index (Phi) is 10.7. The minimum Gasteiger partial charge on any atom is -0.366 e. The fraction of sp³-hybridized carbons (Fsp3) is 0.167. The molecular weight excluding hydrogens is 747 g/mol. The first-order chi connectivity index (χ1) is 29.1. The number of amides is 1. The van der Waals surface area contributed by atoms with Gasteiger partial charge >= 0.3 is 0 Å². The van der Waals surface area contributed by atoms with Crippen molar-refractivity contribution in [3.63, 3.8) is 0 Å². The van der Waals surface area contributed by atoms with E-state index in [1.807, 2.05) is 48.8 Å². The van der Waals surface area contributed by atoms with Crippen LogP contribution >= 0.6 is 0 Å². The number of anilines is 2. The van der Waals surface area contributed by atoms with Gasteiger partial charge in [0.1, 0.15) is 30.0 Å². The number of aromatic nitrogens is 7. The summed E-state index contributed by atoms with van der Waals surface area (Å²) >= 11 is 0. The SMILES string of the molecule is C=C/C=C\C(=C)C(C)Nc1ncnc2ccc(-c3cncc(C4=CN(C)C4(C)c4cccc(C(C)Nc5ncnc6ccc(-c7cncc(C(=O)NC)n7)cc56)c4)c3)cc12. The smallest absolute Gasteiger partial charge is 0.271 e. The third-order valence-electron chi connectivity index (χ3n) is 11.3. The number of fused-ring (bicyclic) bond motifs is 2. The van der Waals surface area contributed by atoms with Crippen LogP contribution < -0.4 is 16.0 Å². The zero-order valence-electron chi connectivity index (χ0n) is 34.2. The van der Waals surface area contributed by atoms with E-state index in [0.29, 0.717) is 11.5 Å². The van der Waals surface area contributed by atoms with Crippen molar-refractivity contribution in [3.8, 4) is 22.4 Å². The average molecular weight is 792 g/mol. The number of hydrogen-bond acceptors (Lipinski definition) is 11. The van der Waals surface area contributed by atoms with Crippen molar-refractivity contribution in [3.05, 3.63) is 170 Å². The Balaban J connectivity index is 1.05. The summed E-state index contributed by atoms with van der Waals surface area (Å²) in [7, 11) is 3.67. The van der Waals surface area contributed by atoms with E-state index in [1.165, 1.54) is 11.8 Å². The molecule has 3 N–H and O–H groups in total. The summed E-state index contributed by atoms with van der Waals surface area (Å²) in [6.45, 7) is 14.4. The highest BCUT2D eigenvalue weighted by atomic mass is 16.1. The number of rotatable bonds is 13. The maximum Gasteiger partial charge on any atom is 0.271 e. The molecule has 1 aliphatic rings. The second-order valence-corrected chi connectivity index (χ2v) is 15.0. The molecule has 4 aromatic heterocycles. The van der Waals surface area contributed by atoms with E-state index >= 15 is 0 Å². The summed E-state index contributed by atoms with van der Waals surface area (Å²) in [4.78, 5) is 46.3. The van der Waals surface area contributed by atoms with Crippen LogP contribution in [0.15, 0.2) is 147 Å². The Hall–Kier alpha value is -7.60. The largest absolute Gasteiger partial charge is 0.366 e. The first-order valence-electron chi connectivity index (χ1n) is 19.6. The van der Waals surface area contributed by atoms with E-state index in [4.69, 9.17) is 4.98 Å². The molecule has 8 rings (SSSR count). The molecule has 60 heavy (non-hydrogen) atoms. The highest BCUT2D eigenvalue weighted by Gasteiger charge is 2.42. The molecule has 0 spiro atoms. The second-order valence-electron chi connectivity index (χ2n) is 15.0. The molecule has 0 fully saturated rings. The second kappa shape index (κ2) is 16.3. The van der Waals surface area contributed by atoms with Crippen molar-refractivity contribution in [2.24, 2.45) is 0 Å². The number of nitrogens with zero attached hydrogens (tertiary/aromatic N) is 8. The molecule has 0 radical (unpaired) electrons. The van der Waals surface area contributed by atoms with E-state index in [2.05, 4.69) is 140 Å². The Labute approximate surface area is 349 Å². The zero-order chi connectivity index (χ0) is 42.0. The van der Waals surface area contributed by atoms with Gasteiger partial charge in [-0.15, -0.1) is 0 Å². The van der Waals surface area contributed by atoms with Gasteiger partial charge in [0.25, 0.3) is 5.91 Å². The van der Waals surface area contributed by atoms with Gasteiger partial charge in [-0.2, -0.15) is 0 Å². The lowest BCUT2D eigenvalue weighted by Gasteiger charge is -2.49. The van der Waals surface area contributed by atoms with Gasteiger partial charge in [-0.25, -0.2) is 24.9 Å². The van der Waals surface area contributed by atoms with Crippen LogP contribution in [-0.4, -0.2) is 65.8 Å². The zero-order valence-corrected chi connectivity index (χ0v) is 34.2. The van der Waals surface area contributed by atoms with Gasteiger partial charge < -0.3 is 20.9 Å². The number of carbonyl (C=O) groups excluding carboxylic acids is 1. The molecular formula is C48H45N11O. The molecule has 12 nitrogen and oxygen atoms in total. The fourth-order valence-corrected chi connectivity index (χ4v) is 7.49. The van der Waals surface area contributed by atoms with Crippen molar-refractivity contribution in [1.29, 1.82) is 0 Å². The predicted molar refractivity (Wildman–Crippen MR) is 240 cm³/mol. The van der Waals surface area contributed by atoms with Gasteiger partial charge in [-0.05, 0) is 73.4 Å². The first-order valence-corrected chi connectivity index (χ1v) is 19.6. The molecule has 1 aliphatic heterocycles. The minimum absolute atomic E-state index is 0.0475. The third-order valence-corrected chi connectivity index (χ3v) is 11.3. The molecule has 298 valence electrons. The van der Waals surface area contributed by atoms with Gasteiger partial charge in [0.2, 0.25) is 0 Å².